The first kappa shape index (κ1) is 9.75. The topological polar surface area (TPSA) is 96.6 Å². The molecule has 0 aromatic rings. The van der Waals surface area contributed by atoms with Crippen molar-refractivity contribution in [3.8, 4) is 0 Å². The molecule has 0 radical (unpaired) electrons. The van der Waals surface area contributed by atoms with Crippen molar-refractivity contribution in [1.82, 2.24) is 10.7 Å². The number of nitrogens with one attached hydrogen (secondary N) is 2. The average molecular weight is 200 g/mol. The normalized spacial score (nSPS) is 16.2. The minimum Gasteiger partial charge on any atom is -0.301 e. The maximum atomic E-state index is 10.9. The lowest BCUT2D eigenvalue weighted by molar-refractivity contribution is -0.119. The predicted octanol–water partition coefficient (Wildman–Crippen LogP) is -1.39. The first-order valence-corrected chi connectivity index (χ1v) is 3.92. The second kappa shape index (κ2) is 4.06. The van der Waals surface area contributed by atoms with E-state index in [1.807, 2.05) is 5.43 Å². The summed E-state index contributed by atoms with van der Waals surface area (Å²) in [7, 11) is 0. The van der Waals surface area contributed by atoms with Gasteiger partial charge in [-0.1, -0.05) is 0 Å². The van der Waals surface area contributed by atoms with E-state index < -0.39 is 5.91 Å². The van der Waals surface area contributed by atoms with Gasteiger partial charge in [0.15, 0.2) is 5.11 Å². The largest absolute Gasteiger partial charge is 0.301 e. The molecule has 0 unspecified atom stereocenters. The van der Waals surface area contributed by atoms with Gasteiger partial charge in [-0.15, -0.1) is 0 Å². The van der Waals surface area contributed by atoms with E-state index in [1.54, 1.807) is 0 Å². The van der Waals surface area contributed by atoms with Crippen molar-refractivity contribution < 1.29 is 9.59 Å². The second-order valence-corrected chi connectivity index (χ2v) is 2.84. The Labute approximate surface area is 79.5 Å². The minimum absolute atomic E-state index is 0.00403. The van der Waals surface area contributed by atoms with Crippen LogP contribution in [0.4, 0.5) is 0 Å². The zero-order valence-electron chi connectivity index (χ0n) is 6.66. The van der Waals surface area contributed by atoms with Crippen molar-refractivity contribution in [3.63, 3.8) is 0 Å². The van der Waals surface area contributed by atoms with E-state index in [2.05, 4.69) is 22.5 Å². The van der Waals surface area contributed by atoms with E-state index in [4.69, 9.17) is 5.84 Å². The quantitative estimate of drug-likeness (QED) is 0.221. The molecule has 0 aromatic heterocycles. The van der Waals surface area contributed by atoms with Crippen LogP contribution in [0.15, 0.2) is 4.99 Å². The number of thiocarbonyl (C=S) groups is 1. The summed E-state index contributed by atoms with van der Waals surface area (Å²) in [6.45, 7) is 0. The molecule has 1 rings (SSSR count). The van der Waals surface area contributed by atoms with Crippen molar-refractivity contribution in [2.45, 2.75) is 12.8 Å². The molecule has 0 bridgehead atoms. The first-order chi connectivity index (χ1) is 6.11. The molecule has 1 heterocycles. The summed E-state index contributed by atoms with van der Waals surface area (Å²) >= 11 is 4.67. The van der Waals surface area contributed by atoms with Crippen LogP contribution in [0.2, 0.25) is 0 Å². The van der Waals surface area contributed by atoms with Crippen LogP contribution in [-0.4, -0.2) is 22.6 Å². The third-order valence-electron chi connectivity index (χ3n) is 1.40. The number of nitrogens with zero attached hydrogens (tertiary/aromatic N) is 1. The van der Waals surface area contributed by atoms with Crippen LogP contribution in [0.1, 0.15) is 12.8 Å². The highest BCUT2D eigenvalue weighted by Gasteiger charge is 2.17. The molecule has 0 aromatic carbocycles. The zero-order valence-corrected chi connectivity index (χ0v) is 7.48. The lowest BCUT2D eigenvalue weighted by Crippen LogP contribution is -2.38. The van der Waals surface area contributed by atoms with Gasteiger partial charge in [-0.25, -0.2) is 10.8 Å². The van der Waals surface area contributed by atoms with E-state index in [-0.39, 0.29) is 23.9 Å². The molecule has 2 amide bonds. The summed E-state index contributed by atoms with van der Waals surface area (Å²) in [6, 6.07) is 0. The Morgan fingerprint density at radius 2 is 2.46 bits per heavy atom. The van der Waals surface area contributed by atoms with Crippen LogP contribution in [0.3, 0.4) is 0 Å². The van der Waals surface area contributed by atoms with Crippen LogP contribution in [-0.2, 0) is 9.59 Å². The summed E-state index contributed by atoms with van der Waals surface area (Å²) in [5, 5.41) is 2.44. The van der Waals surface area contributed by atoms with Gasteiger partial charge in [-0.3, -0.25) is 15.0 Å². The maximum Gasteiger partial charge on any atom is 0.239 e. The number of carbonyl (C=O) groups is 2. The molecular formula is C6H8N4O2S. The molecule has 0 saturated heterocycles. The smallest absolute Gasteiger partial charge is 0.239 e. The van der Waals surface area contributed by atoms with Gasteiger partial charge < -0.3 is 5.32 Å². The predicted molar refractivity (Wildman–Crippen MR) is 49.7 cm³/mol. The molecule has 0 saturated carbocycles. The van der Waals surface area contributed by atoms with E-state index in [0.29, 0.717) is 5.71 Å². The number of hydrogen-bond donors (Lipinski definition) is 3. The summed E-state index contributed by atoms with van der Waals surface area (Å²) in [4.78, 5) is 25.5. The van der Waals surface area contributed by atoms with Crippen LogP contribution >= 0.6 is 12.2 Å². The van der Waals surface area contributed by atoms with Gasteiger partial charge in [0.05, 0.1) is 12.8 Å². The van der Waals surface area contributed by atoms with Crippen LogP contribution in [0.25, 0.3) is 0 Å². The number of hydrogen-bond acceptors (Lipinski definition) is 4. The van der Waals surface area contributed by atoms with Gasteiger partial charge in [0.1, 0.15) is 0 Å². The molecule has 0 aliphatic carbocycles. The highest BCUT2D eigenvalue weighted by Crippen LogP contribution is 2.00. The molecule has 1 aliphatic rings. The number of rotatable bonds is 2. The first-order valence-electron chi connectivity index (χ1n) is 3.51. The second-order valence-electron chi connectivity index (χ2n) is 2.45. The van der Waals surface area contributed by atoms with Crippen molar-refractivity contribution in [3.05, 3.63) is 0 Å². The van der Waals surface area contributed by atoms with Gasteiger partial charge in [-0.05, 0) is 12.2 Å². The molecule has 7 heteroatoms. The fourth-order valence-corrected chi connectivity index (χ4v) is 1.14. The van der Waals surface area contributed by atoms with Gasteiger partial charge in [0.25, 0.3) is 0 Å². The third-order valence-corrected chi connectivity index (χ3v) is 1.59. The Morgan fingerprint density at radius 3 is 3.00 bits per heavy atom. The molecule has 6 nitrogen and oxygen atoms in total. The highest BCUT2D eigenvalue weighted by molar-refractivity contribution is 7.80. The van der Waals surface area contributed by atoms with Crippen molar-refractivity contribution in [2.75, 3.05) is 0 Å². The van der Waals surface area contributed by atoms with Gasteiger partial charge >= 0.3 is 0 Å². The van der Waals surface area contributed by atoms with E-state index in [0.717, 1.165) is 0 Å². The minimum atomic E-state index is -0.392. The molecule has 70 valence electrons. The van der Waals surface area contributed by atoms with Crippen molar-refractivity contribution in [1.29, 1.82) is 0 Å². The molecule has 1 aliphatic heterocycles. The number of nitrogens with two attached hydrogens (primary N) is 1. The Kier molecular flexibility index (Phi) is 3.04. The number of amides is 2. The van der Waals surface area contributed by atoms with Crippen molar-refractivity contribution >= 4 is 34.9 Å². The lowest BCUT2D eigenvalue weighted by Gasteiger charge is -2.11. The molecule has 0 fully saturated rings. The Morgan fingerprint density at radius 1 is 1.77 bits per heavy atom. The molecule has 0 spiro atoms. The van der Waals surface area contributed by atoms with E-state index >= 15 is 0 Å². The summed E-state index contributed by atoms with van der Waals surface area (Å²) < 4.78 is 0. The molecular weight excluding hydrogens is 192 g/mol. The fourth-order valence-electron chi connectivity index (χ4n) is 0.898. The van der Waals surface area contributed by atoms with Gasteiger partial charge in [-0.2, -0.15) is 0 Å². The molecule has 0 atom stereocenters. The van der Waals surface area contributed by atoms with Crippen LogP contribution in [0.5, 0.6) is 0 Å². The average Bonchev–Trinajstić information content (AvgIpc) is 2.02. The third kappa shape index (κ3) is 2.88. The lowest BCUT2D eigenvalue weighted by atomic mass is 10.1. The van der Waals surface area contributed by atoms with Crippen LogP contribution in [0, 0.1) is 0 Å². The maximum absolute atomic E-state index is 10.9. The Balaban J connectivity index is 2.64. The van der Waals surface area contributed by atoms with Gasteiger partial charge in [0.2, 0.25) is 11.8 Å². The number of hydrazine groups is 1. The fraction of sp³-hybridized carbons (Fsp3) is 0.333. The van der Waals surface area contributed by atoms with Crippen molar-refractivity contribution in [2.24, 2.45) is 10.8 Å². The SMILES string of the molecule is NNC(=O)CC1=NC(=S)NC(=O)C1. The highest BCUT2D eigenvalue weighted by atomic mass is 32.1. The zero-order chi connectivity index (χ0) is 9.84. The van der Waals surface area contributed by atoms with E-state index in [9.17, 15) is 9.59 Å². The number of carbonyl (C=O) groups excluding carboxylic acids is 2. The molecule has 4 N–H and O–H groups in total. The Hall–Kier alpha value is -1.34. The summed E-state index contributed by atoms with van der Waals surface area (Å²) in [6.07, 6.45) is 0.0949. The summed E-state index contributed by atoms with van der Waals surface area (Å²) in [5.74, 6) is 4.23. The van der Waals surface area contributed by atoms with E-state index in [1.165, 1.54) is 0 Å². The molecule has 13 heavy (non-hydrogen) atoms. The monoisotopic (exact) mass is 200 g/mol. The standard InChI is InChI=1S/C6H8N4O2S/c7-10-5(12)2-3-1-4(11)9-6(13)8-3/h1-2,7H2,(H,10,12)(H,9,11,13). The van der Waals surface area contributed by atoms with Gasteiger partial charge in [0, 0.05) is 5.71 Å². The van der Waals surface area contributed by atoms with Crippen LogP contribution < -0.4 is 16.6 Å². The summed E-state index contributed by atoms with van der Waals surface area (Å²) in [5.41, 5.74) is 2.37. The number of aliphatic imine (C=N–C) groups is 1. The Bertz CT molecular complexity index is 299.